The molecule has 0 fully saturated rings. The number of hydrogen-bond donors (Lipinski definition) is 0. The van der Waals surface area contributed by atoms with Crippen molar-refractivity contribution in [2.24, 2.45) is 0 Å². The van der Waals surface area contributed by atoms with Gasteiger partial charge in [0.1, 0.15) is 0 Å². The third-order valence-electron chi connectivity index (χ3n) is 2.95. The van der Waals surface area contributed by atoms with E-state index in [9.17, 15) is 10.1 Å². The van der Waals surface area contributed by atoms with Crippen LogP contribution in [0.15, 0.2) is 29.2 Å². The number of hydrogen-bond acceptors (Lipinski definition) is 3. The Morgan fingerprint density at radius 1 is 1.35 bits per heavy atom. The molecule has 1 aromatic carbocycles. The van der Waals surface area contributed by atoms with Gasteiger partial charge in [0.05, 0.1) is 5.92 Å². The van der Waals surface area contributed by atoms with E-state index in [4.69, 9.17) is 0 Å². The first-order valence-corrected chi connectivity index (χ1v) is 10.4. The summed E-state index contributed by atoms with van der Waals surface area (Å²) in [5.74, 6) is 0.0952. The quantitative estimate of drug-likeness (QED) is 0.475. The van der Waals surface area contributed by atoms with Crippen molar-refractivity contribution in [3.8, 4) is 0 Å². The summed E-state index contributed by atoms with van der Waals surface area (Å²) in [6.45, 7) is 6.82. The molecule has 1 aromatic rings. The van der Waals surface area contributed by atoms with Gasteiger partial charge in [-0.25, -0.2) is 0 Å². The number of benzene rings is 1. The molecule has 0 radical (unpaired) electrons. The number of thioether (sulfide) groups is 1. The highest BCUT2D eigenvalue weighted by Crippen LogP contribution is 2.48. The van der Waals surface area contributed by atoms with Gasteiger partial charge in [0.25, 0.3) is 5.37 Å². The lowest BCUT2D eigenvalue weighted by Crippen LogP contribution is -2.29. The van der Waals surface area contributed by atoms with E-state index in [2.05, 4.69) is 25.7 Å². The van der Waals surface area contributed by atoms with E-state index in [0.717, 1.165) is 10.9 Å². The minimum absolute atomic E-state index is 0.0952. The zero-order valence-electron chi connectivity index (χ0n) is 10.3. The maximum atomic E-state index is 11.2. The Labute approximate surface area is 107 Å². The van der Waals surface area contributed by atoms with E-state index in [1.54, 1.807) is 0 Å². The van der Waals surface area contributed by atoms with Crippen molar-refractivity contribution in [3.05, 3.63) is 39.9 Å². The fourth-order valence-electron chi connectivity index (χ4n) is 2.32. The Morgan fingerprint density at radius 3 is 2.59 bits per heavy atom. The van der Waals surface area contributed by atoms with Crippen LogP contribution < -0.4 is 0 Å². The molecular formula is C12H17NO2SSi. The van der Waals surface area contributed by atoms with Crippen LogP contribution in [0.3, 0.4) is 0 Å². The lowest BCUT2D eigenvalue weighted by atomic mass is 10.0. The summed E-state index contributed by atoms with van der Waals surface area (Å²) >= 11 is 1.42. The van der Waals surface area contributed by atoms with Crippen molar-refractivity contribution >= 4 is 19.8 Å². The van der Waals surface area contributed by atoms with Crippen molar-refractivity contribution in [2.45, 2.75) is 41.9 Å². The van der Waals surface area contributed by atoms with E-state index in [1.807, 2.05) is 18.2 Å². The van der Waals surface area contributed by atoms with Crippen molar-refractivity contribution in [3.63, 3.8) is 0 Å². The van der Waals surface area contributed by atoms with Crippen LogP contribution >= 0.6 is 11.8 Å². The van der Waals surface area contributed by atoms with Crippen LogP contribution in [0.4, 0.5) is 0 Å². The highest BCUT2D eigenvalue weighted by molar-refractivity contribution is 8.00. The monoisotopic (exact) mass is 267 g/mol. The average molecular weight is 267 g/mol. The van der Waals surface area contributed by atoms with Gasteiger partial charge < -0.3 is 0 Å². The molecule has 0 spiro atoms. The van der Waals surface area contributed by atoms with Gasteiger partial charge in [0, 0.05) is 17.9 Å². The Morgan fingerprint density at radius 2 is 2.00 bits per heavy atom. The zero-order valence-corrected chi connectivity index (χ0v) is 12.2. The Hall–Kier alpha value is -0.813. The molecule has 2 atom stereocenters. The molecule has 3 nitrogen and oxygen atoms in total. The predicted molar refractivity (Wildman–Crippen MR) is 74.0 cm³/mol. The Bertz CT molecular complexity index is 444. The van der Waals surface area contributed by atoms with Crippen LogP contribution in [0.2, 0.25) is 25.7 Å². The summed E-state index contributed by atoms with van der Waals surface area (Å²) in [5.41, 5.74) is 1.18. The summed E-state index contributed by atoms with van der Waals surface area (Å²) in [4.78, 5) is 12.1. The lowest BCUT2D eigenvalue weighted by Gasteiger charge is -2.22. The van der Waals surface area contributed by atoms with Crippen molar-refractivity contribution in [2.75, 3.05) is 0 Å². The van der Waals surface area contributed by atoms with E-state index >= 15 is 0 Å². The molecule has 1 aliphatic heterocycles. The number of rotatable bonds is 3. The molecule has 0 aromatic heterocycles. The molecule has 0 N–H and O–H groups in total. The molecule has 0 aliphatic carbocycles. The fraction of sp³-hybridized carbons (Fsp3) is 0.500. The molecule has 92 valence electrons. The molecule has 0 unspecified atom stereocenters. The third-order valence-corrected chi connectivity index (χ3v) is 5.98. The molecule has 1 heterocycles. The van der Waals surface area contributed by atoms with Crippen LogP contribution in [0, 0.1) is 10.1 Å². The number of nitro groups is 1. The molecule has 17 heavy (non-hydrogen) atoms. The fourth-order valence-corrected chi connectivity index (χ4v) is 5.52. The van der Waals surface area contributed by atoms with Crippen LogP contribution in [-0.4, -0.2) is 18.4 Å². The van der Waals surface area contributed by atoms with Crippen LogP contribution in [0.5, 0.6) is 0 Å². The van der Waals surface area contributed by atoms with Crippen molar-refractivity contribution < 1.29 is 4.92 Å². The van der Waals surface area contributed by atoms with Crippen LogP contribution in [0.25, 0.3) is 0 Å². The standard InChI is InChI=1S/C12H17NO2SSi/c1-17(2,3)8-10-9-6-4-5-7-11(9)16-12(10)13(14)15/h4-7,10,12H,8H2,1-3H3/t10-,12-/m0/s1. The van der Waals surface area contributed by atoms with Gasteiger partial charge in [0.2, 0.25) is 0 Å². The van der Waals surface area contributed by atoms with Crippen LogP contribution in [0.1, 0.15) is 11.5 Å². The van der Waals surface area contributed by atoms with E-state index in [1.165, 1.54) is 17.3 Å². The second kappa shape index (κ2) is 4.46. The van der Waals surface area contributed by atoms with Gasteiger partial charge in [-0.3, -0.25) is 10.1 Å². The van der Waals surface area contributed by atoms with Crippen molar-refractivity contribution in [1.29, 1.82) is 0 Å². The summed E-state index contributed by atoms with van der Waals surface area (Å²) < 4.78 is 0. The topological polar surface area (TPSA) is 43.1 Å². The van der Waals surface area contributed by atoms with Gasteiger partial charge in [-0.05, 0) is 29.4 Å². The number of fused-ring (bicyclic) bond motifs is 1. The summed E-state index contributed by atoms with van der Waals surface area (Å²) in [6.07, 6.45) is 0. The smallest absolute Gasteiger partial charge is 0.263 e. The second-order valence-corrected chi connectivity index (χ2v) is 12.4. The van der Waals surface area contributed by atoms with E-state index < -0.39 is 13.4 Å². The van der Waals surface area contributed by atoms with E-state index in [0.29, 0.717) is 0 Å². The first-order chi connectivity index (χ1) is 7.88. The lowest BCUT2D eigenvalue weighted by molar-refractivity contribution is -0.497. The minimum atomic E-state index is -1.30. The second-order valence-electron chi connectivity index (χ2n) is 5.70. The molecule has 0 amide bonds. The predicted octanol–water partition coefficient (Wildman–Crippen LogP) is 3.82. The molecule has 0 saturated heterocycles. The normalized spacial score (nSPS) is 23.5. The SMILES string of the molecule is C[Si](C)(C)C[C@H]1c2ccccc2S[C@@H]1[N+](=O)[O-]. The van der Waals surface area contributed by atoms with Gasteiger partial charge in [-0.15, -0.1) is 0 Å². The summed E-state index contributed by atoms with van der Waals surface area (Å²) in [5, 5.41) is 10.7. The maximum absolute atomic E-state index is 11.2. The largest absolute Gasteiger partial charge is 0.269 e. The van der Waals surface area contributed by atoms with Gasteiger partial charge >= 0.3 is 0 Å². The third kappa shape index (κ3) is 2.72. The highest BCUT2D eigenvalue weighted by Gasteiger charge is 2.43. The Balaban J connectivity index is 2.34. The summed E-state index contributed by atoms with van der Waals surface area (Å²) in [7, 11) is -1.30. The molecular weight excluding hydrogens is 250 g/mol. The molecule has 1 aliphatic rings. The first-order valence-electron chi connectivity index (χ1n) is 5.77. The van der Waals surface area contributed by atoms with Gasteiger partial charge in [-0.2, -0.15) is 0 Å². The highest BCUT2D eigenvalue weighted by atomic mass is 32.2. The molecule has 5 heteroatoms. The van der Waals surface area contributed by atoms with Gasteiger partial charge in [-0.1, -0.05) is 37.8 Å². The number of nitrogens with zero attached hydrogens (tertiary/aromatic N) is 1. The molecule has 0 bridgehead atoms. The minimum Gasteiger partial charge on any atom is -0.263 e. The molecule has 2 rings (SSSR count). The zero-order chi connectivity index (χ0) is 12.6. The molecule has 0 saturated carbocycles. The van der Waals surface area contributed by atoms with Crippen molar-refractivity contribution in [1.82, 2.24) is 0 Å². The first kappa shape index (κ1) is 12.6. The maximum Gasteiger partial charge on any atom is 0.269 e. The van der Waals surface area contributed by atoms with Gasteiger partial charge in [0.15, 0.2) is 0 Å². The average Bonchev–Trinajstić information content (AvgIpc) is 2.55. The Kier molecular flexibility index (Phi) is 3.31. The van der Waals surface area contributed by atoms with E-state index in [-0.39, 0.29) is 10.8 Å². The van der Waals surface area contributed by atoms with Crippen LogP contribution in [-0.2, 0) is 0 Å². The summed E-state index contributed by atoms with van der Waals surface area (Å²) in [6, 6.07) is 8.98.